The first-order chi connectivity index (χ1) is 11.2. The van der Waals surface area contributed by atoms with E-state index in [-0.39, 0.29) is 6.04 Å². The Balaban J connectivity index is 1.70. The molecule has 0 spiro atoms. The van der Waals surface area contributed by atoms with Crippen molar-refractivity contribution in [2.45, 2.75) is 12.1 Å². The number of benzene rings is 3. The van der Waals surface area contributed by atoms with E-state index in [1.807, 2.05) is 31.3 Å². The van der Waals surface area contributed by atoms with Crippen molar-refractivity contribution in [2.24, 2.45) is 0 Å². The molecule has 0 heterocycles. The van der Waals surface area contributed by atoms with Gasteiger partial charge in [-0.05, 0) is 34.0 Å². The summed E-state index contributed by atoms with van der Waals surface area (Å²) in [6.45, 7) is 0. The largest absolute Gasteiger partial charge is 0.386 e. The third-order valence-electron chi connectivity index (χ3n) is 4.70. The fourth-order valence-corrected chi connectivity index (χ4v) is 3.33. The average molecular weight is 301 g/mol. The normalized spacial score (nSPS) is 19.6. The summed E-state index contributed by atoms with van der Waals surface area (Å²) in [5.41, 5.74) is 3.20. The molecule has 23 heavy (non-hydrogen) atoms. The first-order valence-electron chi connectivity index (χ1n) is 7.91. The van der Waals surface area contributed by atoms with Crippen LogP contribution in [0.5, 0.6) is 0 Å². The predicted molar refractivity (Wildman–Crippen MR) is 96.6 cm³/mol. The lowest BCUT2D eigenvalue weighted by Gasteiger charge is -2.34. The Morgan fingerprint density at radius 2 is 1.61 bits per heavy atom. The molecule has 2 nitrogen and oxygen atoms in total. The zero-order chi connectivity index (χ0) is 15.8. The summed E-state index contributed by atoms with van der Waals surface area (Å²) in [5, 5.41) is 13.2. The van der Waals surface area contributed by atoms with Crippen LogP contribution in [0, 0.1) is 0 Å². The van der Waals surface area contributed by atoms with Gasteiger partial charge < -0.3 is 10.0 Å². The molecule has 0 radical (unpaired) electrons. The summed E-state index contributed by atoms with van der Waals surface area (Å²) in [6.07, 6.45) is 3.67. The maximum absolute atomic E-state index is 10.8. The van der Waals surface area contributed by atoms with Crippen molar-refractivity contribution in [2.75, 3.05) is 11.9 Å². The van der Waals surface area contributed by atoms with Crippen LogP contribution in [0.4, 0.5) is 5.69 Å². The van der Waals surface area contributed by atoms with Crippen LogP contribution in [-0.2, 0) is 0 Å². The lowest BCUT2D eigenvalue weighted by Crippen LogP contribution is -2.36. The van der Waals surface area contributed by atoms with Gasteiger partial charge in [0, 0.05) is 12.7 Å². The fraction of sp³-hybridized carbons (Fsp3) is 0.143. The minimum atomic E-state index is -0.521. The van der Waals surface area contributed by atoms with E-state index in [9.17, 15) is 5.11 Å². The minimum absolute atomic E-state index is 0.0638. The third-order valence-corrected chi connectivity index (χ3v) is 4.70. The van der Waals surface area contributed by atoms with Gasteiger partial charge in [-0.3, -0.25) is 0 Å². The Hall–Kier alpha value is -2.58. The number of anilines is 1. The summed E-state index contributed by atoms with van der Waals surface area (Å²) in [4.78, 5) is 2.14. The molecule has 0 saturated carbocycles. The molecule has 4 rings (SSSR count). The monoisotopic (exact) mass is 301 g/mol. The van der Waals surface area contributed by atoms with E-state index in [2.05, 4.69) is 59.5 Å². The van der Waals surface area contributed by atoms with Crippen LogP contribution in [0.15, 0.2) is 72.8 Å². The van der Waals surface area contributed by atoms with Crippen LogP contribution in [0.3, 0.4) is 0 Å². The molecular weight excluding hydrogens is 282 g/mol. The SMILES string of the molecule is CN(c1ccc2ccccc2c1)[C@@H]1C=Cc2ccccc2[C@H]1O. The van der Waals surface area contributed by atoms with Crippen molar-refractivity contribution in [3.8, 4) is 0 Å². The molecule has 0 bridgehead atoms. The molecule has 0 aliphatic heterocycles. The maximum atomic E-state index is 10.8. The van der Waals surface area contributed by atoms with Crippen molar-refractivity contribution in [3.05, 3.63) is 83.9 Å². The Labute approximate surface area is 136 Å². The Kier molecular flexibility index (Phi) is 3.40. The van der Waals surface area contributed by atoms with Gasteiger partial charge in [0.1, 0.15) is 6.10 Å². The zero-order valence-corrected chi connectivity index (χ0v) is 13.1. The first-order valence-corrected chi connectivity index (χ1v) is 7.91. The van der Waals surface area contributed by atoms with Gasteiger partial charge in [0.2, 0.25) is 0 Å². The highest BCUT2D eigenvalue weighted by atomic mass is 16.3. The second-order valence-electron chi connectivity index (χ2n) is 6.07. The summed E-state index contributed by atoms with van der Waals surface area (Å²) >= 11 is 0. The number of aliphatic hydroxyl groups is 1. The molecule has 1 N–H and O–H groups in total. The second kappa shape index (κ2) is 5.56. The summed E-state index contributed by atoms with van der Waals surface area (Å²) in [7, 11) is 2.04. The van der Waals surface area contributed by atoms with Gasteiger partial charge in [-0.25, -0.2) is 0 Å². The molecule has 114 valence electrons. The quantitative estimate of drug-likeness (QED) is 0.758. The Morgan fingerprint density at radius 1 is 0.870 bits per heavy atom. The molecule has 0 saturated heterocycles. The summed E-state index contributed by atoms with van der Waals surface area (Å²) in [5.74, 6) is 0. The third kappa shape index (κ3) is 2.41. The highest BCUT2D eigenvalue weighted by Crippen LogP contribution is 2.33. The second-order valence-corrected chi connectivity index (χ2v) is 6.07. The van der Waals surface area contributed by atoms with Gasteiger partial charge in [0.25, 0.3) is 0 Å². The fourth-order valence-electron chi connectivity index (χ4n) is 3.33. The molecule has 1 aliphatic rings. The van der Waals surface area contributed by atoms with E-state index < -0.39 is 6.10 Å². The smallest absolute Gasteiger partial charge is 0.103 e. The molecule has 3 aromatic carbocycles. The van der Waals surface area contributed by atoms with Crippen LogP contribution in [-0.4, -0.2) is 18.2 Å². The van der Waals surface area contributed by atoms with Gasteiger partial charge in [-0.15, -0.1) is 0 Å². The number of fused-ring (bicyclic) bond motifs is 2. The van der Waals surface area contributed by atoms with E-state index in [0.717, 1.165) is 16.8 Å². The van der Waals surface area contributed by atoms with Gasteiger partial charge in [0.15, 0.2) is 0 Å². The van der Waals surface area contributed by atoms with E-state index in [0.29, 0.717) is 0 Å². The molecule has 0 aromatic heterocycles. The van der Waals surface area contributed by atoms with E-state index in [1.54, 1.807) is 0 Å². The maximum Gasteiger partial charge on any atom is 0.103 e. The zero-order valence-electron chi connectivity index (χ0n) is 13.1. The van der Waals surface area contributed by atoms with Crippen molar-refractivity contribution < 1.29 is 5.11 Å². The number of hydrogen-bond donors (Lipinski definition) is 1. The minimum Gasteiger partial charge on any atom is -0.386 e. The Morgan fingerprint density at radius 3 is 2.48 bits per heavy atom. The topological polar surface area (TPSA) is 23.5 Å². The molecular formula is C21H19NO. The molecule has 3 aromatic rings. The van der Waals surface area contributed by atoms with Crippen LogP contribution >= 0.6 is 0 Å². The lowest BCUT2D eigenvalue weighted by molar-refractivity contribution is 0.159. The van der Waals surface area contributed by atoms with E-state index in [4.69, 9.17) is 0 Å². The molecule has 0 unspecified atom stereocenters. The first kappa shape index (κ1) is 14.0. The number of nitrogens with zero attached hydrogens (tertiary/aromatic N) is 1. The van der Waals surface area contributed by atoms with Crippen LogP contribution < -0.4 is 4.90 Å². The van der Waals surface area contributed by atoms with Crippen molar-refractivity contribution >= 4 is 22.5 Å². The number of rotatable bonds is 2. The molecule has 2 atom stereocenters. The molecule has 0 amide bonds. The summed E-state index contributed by atoms with van der Waals surface area (Å²) < 4.78 is 0. The summed E-state index contributed by atoms with van der Waals surface area (Å²) in [6, 6.07) is 22.7. The standard InChI is InChI=1S/C21H19NO/c1-22(18-12-10-15-6-2-3-8-17(15)14-18)20-13-11-16-7-4-5-9-19(16)21(20)23/h2-14,20-21,23H,1H3/t20-,21-/m1/s1. The molecule has 0 fully saturated rings. The van der Waals surface area contributed by atoms with E-state index >= 15 is 0 Å². The van der Waals surface area contributed by atoms with Crippen molar-refractivity contribution in [1.82, 2.24) is 0 Å². The van der Waals surface area contributed by atoms with Gasteiger partial charge in [-0.1, -0.05) is 66.7 Å². The molecule has 2 heteroatoms. The number of likely N-dealkylation sites (N-methyl/N-ethyl adjacent to an activating group) is 1. The number of hydrogen-bond acceptors (Lipinski definition) is 2. The molecule has 1 aliphatic carbocycles. The van der Waals surface area contributed by atoms with Gasteiger partial charge in [-0.2, -0.15) is 0 Å². The van der Waals surface area contributed by atoms with Crippen molar-refractivity contribution in [1.29, 1.82) is 0 Å². The van der Waals surface area contributed by atoms with Crippen LogP contribution in [0.2, 0.25) is 0 Å². The highest BCUT2D eigenvalue weighted by Gasteiger charge is 2.27. The number of aliphatic hydroxyl groups excluding tert-OH is 1. The van der Waals surface area contributed by atoms with Crippen LogP contribution in [0.1, 0.15) is 17.2 Å². The van der Waals surface area contributed by atoms with Crippen molar-refractivity contribution in [3.63, 3.8) is 0 Å². The average Bonchev–Trinajstić information content (AvgIpc) is 2.61. The van der Waals surface area contributed by atoms with Gasteiger partial charge >= 0.3 is 0 Å². The van der Waals surface area contributed by atoms with E-state index in [1.165, 1.54) is 10.8 Å². The van der Waals surface area contributed by atoms with Gasteiger partial charge in [0.05, 0.1) is 6.04 Å². The highest BCUT2D eigenvalue weighted by molar-refractivity contribution is 5.86. The predicted octanol–water partition coefficient (Wildman–Crippen LogP) is 4.41. The Bertz CT molecular complexity index is 884. The van der Waals surface area contributed by atoms with Crippen LogP contribution in [0.25, 0.3) is 16.8 Å². The lowest BCUT2D eigenvalue weighted by atomic mass is 9.90.